The summed E-state index contributed by atoms with van der Waals surface area (Å²) in [6, 6.07) is 21.7. The molecule has 0 unspecified atom stereocenters. The molecule has 3 rings (SSSR count). The fourth-order valence-electron chi connectivity index (χ4n) is 2.40. The molecule has 3 aromatic carbocycles. The highest BCUT2D eigenvalue weighted by Crippen LogP contribution is 2.18. The summed E-state index contributed by atoms with van der Waals surface area (Å²) >= 11 is 0. The molecule has 0 amide bonds. The molecule has 0 radical (unpaired) electrons. The smallest absolute Gasteiger partial charge is 0.335 e. The lowest BCUT2D eigenvalue weighted by atomic mass is 10.00. The van der Waals surface area contributed by atoms with Crippen LogP contribution in [0.4, 0.5) is 0 Å². The van der Waals surface area contributed by atoms with E-state index in [0.717, 1.165) is 12.0 Å². The third-order valence-corrected chi connectivity index (χ3v) is 3.40. The summed E-state index contributed by atoms with van der Waals surface area (Å²) in [4.78, 5) is 11.0. The summed E-state index contributed by atoms with van der Waals surface area (Å²) in [5.41, 5.74) is 2.54. The molecule has 1 N–H and O–H groups in total. The van der Waals surface area contributed by atoms with Crippen LogP contribution in [0.5, 0.6) is 0 Å². The number of rotatable bonds is 3. The first-order valence-electron chi connectivity index (χ1n) is 6.52. The Hall–Kier alpha value is -2.61. The molecule has 0 atom stereocenters. The third-order valence-electron chi connectivity index (χ3n) is 3.40. The van der Waals surface area contributed by atoms with E-state index in [1.54, 1.807) is 18.2 Å². The topological polar surface area (TPSA) is 37.3 Å². The van der Waals surface area contributed by atoms with Crippen molar-refractivity contribution in [2.24, 2.45) is 0 Å². The highest BCUT2D eigenvalue weighted by Gasteiger charge is 2.04. The minimum Gasteiger partial charge on any atom is -0.478 e. The quantitative estimate of drug-likeness (QED) is 0.770. The van der Waals surface area contributed by atoms with Crippen molar-refractivity contribution in [2.45, 2.75) is 6.42 Å². The Kier molecular flexibility index (Phi) is 3.21. The maximum absolute atomic E-state index is 11.0. The summed E-state index contributed by atoms with van der Waals surface area (Å²) in [7, 11) is 0. The van der Waals surface area contributed by atoms with Crippen LogP contribution in [0.1, 0.15) is 21.5 Å². The van der Waals surface area contributed by atoms with Gasteiger partial charge in [0, 0.05) is 0 Å². The molecule has 0 saturated heterocycles. The van der Waals surface area contributed by atoms with Crippen molar-refractivity contribution in [3.8, 4) is 0 Å². The second kappa shape index (κ2) is 5.17. The van der Waals surface area contributed by atoms with E-state index in [9.17, 15) is 4.79 Å². The number of hydrogen-bond acceptors (Lipinski definition) is 1. The number of carbonyl (C=O) groups is 1. The van der Waals surface area contributed by atoms with E-state index < -0.39 is 5.97 Å². The van der Waals surface area contributed by atoms with E-state index in [1.807, 2.05) is 18.2 Å². The molecule has 0 aliphatic heterocycles. The van der Waals surface area contributed by atoms with Crippen molar-refractivity contribution in [1.29, 1.82) is 0 Å². The van der Waals surface area contributed by atoms with Gasteiger partial charge in [0.05, 0.1) is 5.56 Å². The monoisotopic (exact) mass is 262 g/mol. The fourth-order valence-corrected chi connectivity index (χ4v) is 2.40. The van der Waals surface area contributed by atoms with E-state index in [-0.39, 0.29) is 0 Å². The molecule has 2 nitrogen and oxygen atoms in total. The molecule has 0 aromatic heterocycles. The Bertz CT molecular complexity index is 775. The summed E-state index contributed by atoms with van der Waals surface area (Å²) in [5.74, 6) is -0.884. The summed E-state index contributed by atoms with van der Waals surface area (Å²) in [5, 5.41) is 11.4. The van der Waals surface area contributed by atoms with Gasteiger partial charge in [-0.05, 0) is 40.5 Å². The number of benzene rings is 3. The van der Waals surface area contributed by atoms with Crippen LogP contribution < -0.4 is 0 Å². The minimum absolute atomic E-state index is 0.336. The Balaban J connectivity index is 1.92. The first-order chi connectivity index (χ1) is 9.72. The lowest BCUT2D eigenvalue weighted by Crippen LogP contribution is -1.97. The molecular formula is C18H14O2. The number of carboxylic acids is 1. The zero-order chi connectivity index (χ0) is 13.9. The molecule has 0 aliphatic rings. The Morgan fingerprint density at radius 3 is 2.35 bits per heavy atom. The van der Waals surface area contributed by atoms with Gasteiger partial charge in [0.2, 0.25) is 0 Å². The van der Waals surface area contributed by atoms with Crippen LogP contribution in [-0.2, 0) is 6.42 Å². The van der Waals surface area contributed by atoms with Gasteiger partial charge in [-0.15, -0.1) is 0 Å². The van der Waals surface area contributed by atoms with E-state index in [1.165, 1.54) is 16.3 Å². The predicted molar refractivity (Wildman–Crippen MR) is 80.2 cm³/mol. The van der Waals surface area contributed by atoms with Gasteiger partial charge in [-0.2, -0.15) is 0 Å². The van der Waals surface area contributed by atoms with Crippen molar-refractivity contribution in [2.75, 3.05) is 0 Å². The predicted octanol–water partition coefficient (Wildman–Crippen LogP) is 4.13. The highest BCUT2D eigenvalue weighted by molar-refractivity contribution is 5.87. The molecule has 0 spiro atoms. The highest BCUT2D eigenvalue weighted by atomic mass is 16.4. The van der Waals surface area contributed by atoms with E-state index >= 15 is 0 Å². The van der Waals surface area contributed by atoms with Crippen molar-refractivity contribution in [3.63, 3.8) is 0 Å². The molecule has 0 fully saturated rings. The second-order valence-corrected chi connectivity index (χ2v) is 4.86. The average molecular weight is 262 g/mol. The largest absolute Gasteiger partial charge is 0.478 e. The Morgan fingerprint density at radius 2 is 1.55 bits per heavy atom. The maximum Gasteiger partial charge on any atom is 0.335 e. The van der Waals surface area contributed by atoms with Gasteiger partial charge >= 0.3 is 5.97 Å². The van der Waals surface area contributed by atoms with Gasteiger partial charge in [0.15, 0.2) is 0 Å². The molecule has 0 aliphatic carbocycles. The van der Waals surface area contributed by atoms with Crippen LogP contribution in [0.2, 0.25) is 0 Å². The molecule has 20 heavy (non-hydrogen) atoms. The standard InChI is InChI=1S/C18H14O2/c19-18(20)17-7-3-4-13(12-17)10-14-8-9-15-5-1-2-6-16(15)11-14/h1-9,11-12H,10H2,(H,19,20). The first-order valence-corrected chi connectivity index (χ1v) is 6.52. The lowest BCUT2D eigenvalue weighted by molar-refractivity contribution is 0.0697. The zero-order valence-corrected chi connectivity index (χ0v) is 10.9. The molecule has 0 bridgehead atoms. The average Bonchev–Trinajstić information content (AvgIpc) is 2.47. The van der Waals surface area contributed by atoms with Crippen molar-refractivity contribution >= 4 is 16.7 Å². The molecule has 98 valence electrons. The summed E-state index contributed by atoms with van der Waals surface area (Å²) in [6.45, 7) is 0. The fraction of sp³-hybridized carbons (Fsp3) is 0.0556. The van der Waals surface area contributed by atoms with Crippen molar-refractivity contribution in [1.82, 2.24) is 0 Å². The molecule has 0 saturated carbocycles. The molecular weight excluding hydrogens is 248 g/mol. The first kappa shape index (κ1) is 12.4. The zero-order valence-electron chi connectivity index (χ0n) is 10.9. The van der Waals surface area contributed by atoms with Gasteiger partial charge in [0.25, 0.3) is 0 Å². The van der Waals surface area contributed by atoms with Crippen molar-refractivity contribution in [3.05, 3.63) is 83.4 Å². The van der Waals surface area contributed by atoms with Gasteiger partial charge in [-0.3, -0.25) is 0 Å². The van der Waals surface area contributed by atoms with Gasteiger partial charge in [-0.1, -0.05) is 54.6 Å². The van der Waals surface area contributed by atoms with Crippen LogP contribution in [0, 0.1) is 0 Å². The number of hydrogen-bond donors (Lipinski definition) is 1. The lowest BCUT2D eigenvalue weighted by Gasteiger charge is -2.05. The number of aromatic carboxylic acids is 1. The van der Waals surface area contributed by atoms with Gasteiger partial charge < -0.3 is 5.11 Å². The summed E-state index contributed by atoms with van der Waals surface area (Å²) in [6.07, 6.45) is 0.742. The van der Waals surface area contributed by atoms with Crippen LogP contribution in [-0.4, -0.2) is 11.1 Å². The van der Waals surface area contributed by atoms with Crippen LogP contribution in [0.15, 0.2) is 66.7 Å². The Morgan fingerprint density at radius 1 is 0.800 bits per heavy atom. The SMILES string of the molecule is O=C(O)c1cccc(Cc2ccc3ccccc3c2)c1. The molecule has 2 heteroatoms. The van der Waals surface area contributed by atoms with Crippen LogP contribution >= 0.6 is 0 Å². The second-order valence-electron chi connectivity index (χ2n) is 4.86. The number of fused-ring (bicyclic) bond motifs is 1. The molecule has 0 heterocycles. The van der Waals surface area contributed by atoms with Gasteiger partial charge in [0.1, 0.15) is 0 Å². The van der Waals surface area contributed by atoms with E-state index in [2.05, 4.69) is 30.3 Å². The Labute approximate surface area is 117 Å². The third kappa shape index (κ3) is 2.54. The minimum atomic E-state index is -0.884. The summed E-state index contributed by atoms with van der Waals surface area (Å²) < 4.78 is 0. The van der Waals surface area contributed by atoms with E-state index in [4.69, 9.17) is 5.11 Å². The molecule has 3 aromatic rings. The van der Waals surface area contributed by atoms with Crippen LogP contribution in [0.3, 0.4) is 0 Å². The van der Waals surface area contributed by atoms with Gasteiger partial charge in [-0.25, -0.2) is 4.79 Å². The van der Waals surface area contributed by atoms with Crippen molar-refractivity contribution < 1.29 is 9.90 Å². The van der Waals surface area contributed by atoms with E-state index in [0.29, 0.717) is 5.56 Å². The normalized spacial score (nSPS) is 10.6. The maximum atomic E-state index is 11.0. The van der Waals surface area contributed by atoms with Crippen LogP contribution in [0.25, 0.3) is 10.8 Å². The number of carboxylic acid groups (broad SMARTS) is 1.